The van der Waals surface area contributed by atoms with E-state index in [0.717, 1.165) is 47.6 Å². The first-order valence-corrected chi connectivity index (χ1v) is 13.7. The molecular weight excluding hydrogens is 486 g/mol. The minimum Gasteiger partial charge on any atom is -0.466 e. The Morgan fingerprint density at radius 3 is 2.44 bits per heavy atom. The number of fused-ring (bicyclic) bond motifs is 1. The predicted molar refractivity (Wildman–Crippen MR) is 158 cm³/mol. The molecule has 206 valence electrons. The van der Waals surface area contributed by atoms with Crippen LogP contribution in [0.5, 0.6) is 0 Å². The second-order valence-corrected chi connectivity index (χ2v) is 11.7. The average molecular weight is 528 g/mol. The first-order chi connectivity index (χ1) is 18.6. The summed E-state index contributed by atoms with van der Waals surface area (Å²) in [5, 5.41) is 8.07. The van der Waals surface area contributed by atoms with Gasteiger partial charge in [0, 0.05) is 24.8 Å². The van der Waals surface area contributed by atoms with Crippen molar-refractivity contribution in [3.8, 4) is 11.3 Å². The number of aromatic nitrogens is 3. The number of hydrogen-bond acceptors (Lipinski definition) is 6. The summed E-state index contributed by atoms with van der Waals surface area (Å²) in [6, 6.07) is 21.1. The molecule has 0 radical (unpaired) electrons. The van der Waals surface area contributed by atoms with Gasteiger partial charge in [-0.25, -0.2) is 9.97 Å². The monoisotopic (exact) mass is 527 g/mol. The Kier molecular flexibility index (Phi) is 8.70. The van der Waals surface area contributed by atoms with Crippen LogP contribution >= 0.6 is 0 Å². The fourth-order valence-corrected chi connectivity index (χ4v) is 5.25. The highest BCUT2D eigenvalue weighted by atomic mass is 16.5. The molecule has 0 amide bonds. The zero-order valence-corrected chi connectivity index (χ0v) is 24.0. The van der Waals surface area contributed by atoms with Crippen LogP contribution in [0.4, 0.5) is 5.82 Å². The largest absolute Gasteiger partial charge is 0.466 e. The number of nitrogens with one attached hydrogen (secondary N) is 3. The van der Waals surface area contributed by atoms with Gasteiger partial charge < -0.3 is 20.4 Å². The summed E-state index contributed by atoms with van der Waals surface area (Å²) in [5.41, 5.74) is 4.75. The van der Waals surface area contributed by atoms with E-state index in [1.54, 1.807) is 6.33 Å². The van der Waals surface area contributed by atoms with E-state index < -0.39 is 5.41 Å². The fraction of sp³-hybridized carbons (Fsp3) is 0.406. The second kappa shape index (κ2) is 12.0. The first kappa shape index (κ1) is 28.3. The summed E-state index contributed by atoms with van der Waals surface area (Å²) in [7, 11) is 0. The van der Waals surface area contributed by atoms with Crippen LogP contribution in [0.2, 0.25) is 0 Å². The number of aromatic amines is 1. The molecule has 0 aliphatic carbocycles. The van der Waals surface area contributed by atoms with E-state index in [1.165, 1.54) is 11.1 Å². The lowest BCUT2D eigenvalue weighted by atomic mass is 9.75. The Balaban J connectivity index is 1.38. The van der Waals surface area contributed by atoms with Crippen LogP contribution in [-0.2, 0) is 16.1 Å². The number of esters is 1. The molecule has 0 aliphatic heterocycles. The van der Waals surface area contributed by atoms with Crippen LogP contribution in [0, 0.1) is 10.8 Å². The first-order valence-electron chi connectivity index (χ1n) is 13.7. The predicted octanol–water partition coefficient (Wildman–Crippen LogP) is 6.89. The molecule has 0 saturated carbocycles. The van der Waals surface area contributed by atoms with Crippen LogP contribution in [0.3, 0.4) is 0 Å². The topological polar surface area (TPSA) is 91.9 Å². The van der Waals surface area contributed by atoms with Gasteiger partial charge in [-0.3, -0.25) is 4.79 Å². The van der Waals surface area contributed by atoms with Gasteiger partial charge in [0.2, 0.25) is 0 Å². The zero-order chi connectivity index (χ0) is 28.0. The van der Waals surface area contributed by atoms with Crippen molar-refractivity contribution >= 4 is 22.8 Å². The molecule has 4 aromatic rings. The number of carbonyl (C=O) groups is 1. The number of ether oxygens (including phenoxy) is 1. The summed E-state index contributed by atoms with van der Waals surface area (Å²) < 4.78 is 5.26. The van der Waals surface area contributed by atoms with Gasteiger partial charge in [-0.15, -0.1) is 0 Å². The lowest BCUT2D eigenvalue weighted by molar-refractivity contribution is -0.155. The summed E-state index contributed by atoms with van der Waals surface area (Å²) in [6.45, 7) is 14.2. The Morgan fingerprint density at radius 1 is 1.03 bits per heavy atom. The van der Waals surface area contributed by atoms with E-state index in [0.29, 0.717) is 6.61 Å². The third-order valence-electron chi connectivity index (χ3n) is 7.02. The third kappa shape index (κ3) is 7.24. The van der Waals surface area contributed by atoms with Crippen molar-refractivity contribution in [2.75, 3.05) is 18.5 Å². The maximum Gasteiger partial charge on any atom is 0.311 e. The van der Waals surface area contributed by atoms with Gasteiger partial charge in [0.05, 0.1) is 17.4 Å². The molecular formula is C32H41N5O2. The molecule has 2 heterocycles. The minimum atomic E-state index is -0.512. The Morgan fingerprint density at radius 2 is 1.74 bits per heavy atom. The van der Waals surface area contributed by atoms with Crippen molar-refractivity contribution in [1.29, 1.82) is 0 Å². The van der Waals surface area contributed by atoms with E-state index in [2.05, 4.69) is 88.8 Å². The number of carbonyl (C=O) groups excluding carboxylic acids is 1. The highest BCUT2D eigenvalue weighted by Crippen LogP contribution is 2.34. The molecule has 0 aliphatic rings. The standard InChI is InChI=1S/C32H41N5O2/c1-7-39-30(38)32(5,6)19-31(3,4)20-33-18-23-13-15-25(16-14-23)27-17-26-28(34-21-35-29(26)37-27)36-22(2)24-11-9-8-10-12-24/h8-17,21-22,33H,7,18-20H2,1-6H3,(H2,34,35,36,37)/t22-/m1/s1. The molecule has 0 saturated heterocycles. The molecule has 7 heteroatoms. The lowest BCUT2D eigenvalue weighted by Gasteiger charge is -2.33. The van der Waals surface area contributed by atoms with Crippen LogP contribution in [0.25, 0.3) is 22.3 Å². The number of benzene rings is 2. The van der Waals surface area contributed by atoms with Crippen LogP contribution in [0.15, 0.2) is 67.0 Å². The van der Waals surface area contributed by atoms with E-state index in [4.69, 9.17) is 4.74 Å². The smallest absolute Gasteiger partial charge is 0.311 e. The lowest BCUT2D eigenvalue weighted by Crippen LogP contribution is -2.37. The number of anilines is 1. The molecule has 0 bridgehead atoms. The van der Waals surface area contributed by atoms with Crippen molar-refractivity contribution in [2.24, 2.45) is 10.8 Å². The van der Waals surface area contributed by atoms with E-state index in [-0.39, 0.29) is 17.4 Å². The number of hydrogen-bond donors (Lipinski definition) is 3. The maximum absolute atomic E-state index is 12.3. The van der Waals surface area contributed by atoms with Crippen LogP contribution < -0.4 is 10.6 Å². The summed E-state index contributed by atoms with van der Waals surface area (Å²) >= 11 is 0. The highest BCUT2D eigenvalue weighted by Gasteiger charge is 2.35. The Hall–Kier alpha value is -3.71. The Bertz CT molecular complexity index is 1380. The number of H-pyrrole nitrogens is 1. The van der Waals surface area contributed by atoms with Gasteiger partial charge in [-0.05, 0) is 62.3 Å². The van der Waals surface area contributed by atoms with Gasteiger partial charge in [0.1, 0.15) is 17.8 Å². The van der Waals surface area contributed by atoms with Crippen molar-refractivity contribution in [1.82, 2.24) is 20.3 Å². The molecule has 0 unspecified atom stereocenters. The highest BCUT2D eigenvalue weighted by molar-refractivity contribution is 5.91. The molecule has 0 spiro atoms. The quantitative estimate of drug-likeness (QED) is 0.174. The summed E-state index contributed by atoms with van der Waals surface area (Å²) in [4.78, 5) is 24.7. The number of rotatable bonds is 12. The van der Waals surface area contributed by atoms with Crippen molar-refractivity contribution in [2.45, 2.75) is 60.5 Å². The van der Waals surface area contributed by atoms with Gasteiger partial charge >= 0.3 is 5.97 Å². The molecule has 1 atom stereocenters. The fourth-order valence-electron chi connectivity index (χ4n) is 5.25. The number of nitrogens with zero attached hydrogens (tertiary/aromatic N) is 2. The normalized spacial score (nSPS) is 12.9. The van der Waals surface area contributed by atoms with E-state index in [9.17, 15) is 4.79 Å². The second-order valence-electron chi connectivity index (χ2n) is 11.7. The molecule has 0 fully saturated rings. The SMILES string of the molecule is CCOC(=O)C(C)(C)CC(C)(C)CNCc1ccc(-c2cc3c(N[C@H](C)c4ccccc4)ncnc3[nH]2)cc1. The van der Waals surface area contributed by atoms with E-state index >= 15 is 0 Å². The average Bonchev–Trinajstić information content (AvgIpc) is 3.34. The maximum atomic E-state index is 12.3. The van der Waals surface area contributed by atoms with Crippen molar-refractivity contribution in [3.63, 3.8) is 0 Å². The minimum absolute atomic E-state index is 0.0503. The summed E-state index contributed by atoms with van der Waals surface area (Å²) in [5.74, 6) is 0.679. The molecule has 7 nitrogen and oxygen atoms in total. The molecule has 2 aromatic carbocycles. The van der Waals surface area contributed by atoms with Gasteiger partial charge in [-0.2, -0.15) is 0 Å². The third-order valence-corrected chi connectivity index (χ3v) is 7.02. The zero-order valence-electron chi connectivity index (χ0n) is 24.0. The van der Waals surface area contributed by atoms with Crippen LogP contribution in [-0.4, -0.2) is 34.1 Å². The summed E-state index contributed by atoms with van der Waals surface area (Å²) in [6.07, 6.45) is 2.34. The van der Waals surface area contributed by atoms with Crippen molar-refractivity contribution < 1.29 is 9.53 Å². The molecule has 39 heavy (non-hydrogen) atoms. The molecule has 2 aromatic heterocycles. The van der Waals surface area contributed by atoms with E-state index in [1.807, 2.05) is 39.0 Å². The van der Waals surface area contributed by atoms with Gasteiger partial charge in [0.25, 0.3) is 0 Å². The Labute approximate surface area is 231 Å². The van der Waals surface area contributed by atoms with Gasteiger partial charge in [-0.1, -0.05) is 68.4 Å². The van der Waals surface area contributed by atoms with Crippen molar-refractivity contribution in [3.05, 3.63) is 78.1 Å². The van der Waals surface area contributed by atoms with Gasteiger partial charge in [0.15, 0.2) is 0 Å². The van der Waals surface area contributed by atoms with Crippen LogP contribution in [0.1, 0.15) is 65.1 Å². The molecule has 3 N–H and O–H groups in total. The molecule has 4 rings (SSSR count).